The number of aryl methyl sites for hydroxylation is 1. The van der Waals surface area contributed by atoms with Gasteiger partial charge in [-0.1, -0.05) is 36.4 Å². The summed E-state index contributed by atoms with van der Waals surface area (Å²) in [5.41, 5.74) is 3.14. The van der Waals surface area contributed by atoms with Crippen molar-refractivity contribution < 1.29 is 14.3 Å². The molecule has 2 aromatic rings. The number of para-hydroxylation sites is 1. The normalized spacial score (nSPS) is 10.2. The summed E-state index contributed by atoms with van der Waals surface area (Å²) in [6.07, 6.45) is 0. The first-order valence-electron chi connectivity index (χ1n) is 7.93. The highest BCUT2D eigenvalue weighted by molar-refractivity contribution is 6.01. The predicted molar refractivity (Wildman–Crippen MR) is 93.9 cm³/mol. The number of nitrogens with one attached hydrogen (secondary N) is 2. The fourth-order valence-electron chi connectivity index (χ4n) is 2.29. The molecule has 0 unspecified atom stereocenters. The summed E-state index contributed by atoms with van der Waals surface area (Å²) in [6.45, 7) is 4.84. The second kappa shape index (κ2) is 8.84. The van der Waals surface area contributed by atoms with Gasteiger partial charge in [0.1, 0.15) is 0 Å². The maximum Gasteiger partial charge on any atom is 0.340 e. The number of carbonyl (C=O) groups is 2. The number of rotatable bonds is 7. The van der Waals surface area contributed by atoms with Crippen LogP contribution in [0.2, 0.25) is 0 Å². The van der Waals surface area contributed by atoms with Crippen molar-refractivity contribution >= 4 is 17.6 Å². The molecule has 0 heterocycles. The lowest BCUT2D eigenvalue weighted by Crippen LogP contribution is -2.28. The molecule has 0 spiro atoms. The van der Waals surface area contributed by atoms with Crippen LogP contribution in [0, 0.1) is 6.92 Å². The molecular weight excluding hydrogens is 304 g/mol. The third-order valence-electron chi connectivity index (χ3n) is 3.56. The van der Waals surface area contributed by atoms with Crippen molar-refractivity contribution in [2.24, 2.45) is 0 Å². The molecule has 2 N–H and O–H groups in total. The van der Waals surface area contributed by atoms with Gasteiger partial charge in [-0.15, -0.1) is 0 Å². The largest absolute Gasteiger partial charge is 0.462 e. The van der Waals surface area contributed by atoms with E-state index in [0.717, 1.165) is 5.56 Å². The Hall–Kier alpha value is -2.66. The summed E-state index contributed by atoms with van der Waals surface area (Å²) in [5.74, 6) is -0.651. The lowest BCUT2D eigenvalue weighted by atomic mass is 10.1. The molecule has 0 saturated heterocycles. The van der Waals surface area contributed by atoms with E-state index >= 15 is 0 Å². The number of benzene rings is 2. The van der Waals surface area contributed by atoms with Crippen LogP contribution in [0.15, 0.2) is 48.5 Å². The first-order valence-corrected chi connectivity index (χ1v) is 7.93. The van der Waals surface area contributed by atoms with Gasteiger partial charge >= 0.3 is 5.97 Å². The van der Waals surface area contributed by atoms with Crippen molar-refractivity contribution in [1.82, 2.24) is 5.32 Å². The first-order chi connectivity index (χ1) is 11.6. The van der Waals surface area contributed by atoms with Crippen molar-refractivity contribution in [3.63, 3.8) is 0 Å². The van der Waals surface area contributed by atoms with Gasteiger partial charge in [0.05, 0.1) is 24.4 Å². The van der Waals surface area contributed by atoms with Crippen LogP contribution in [0.5, 0.6) is 0 Å². The highest BCUT2D eigenvalue weighted by Crippen LogP contribution is 2.16. The molecule has 5 nitrogen and oxygen atoms in total. The molecule has 0 saturated carbocycles. The number of hydrogen-bond donors (Lipinski definition) is 2. The van der Waals surface area contributed by atoms with Crippen LogP contribution in [-0.2, 0) is 16.1 Å². The highest BCUT2D eigenvalue weighted by Gasteiger charge is 2.13. The minimum Gasteiger partial charge on any atom is -0.462 e. The zero-order valence-electron chi connectivity index (χ0n) is 14.0. The summed E-state index contributed by atoms with van der Waals surface area (Å²) in [7, 11) is 0. The summed E-state index contributed by atoms with van der Waals surface area (Å²) in [4.78, 5) is 24.0. The Kier molecular flexibility index (Phi) is 6.51. The van der Waals surface area contributed by atoms with Crippen molar-refractivity contribution in [3.05, 3.63) is 65.2 Å². The van der Waals surface area contributed by atoms with Gasteiger partial charge in [0, 0.05) is 6.54 Å². The van der Waals surface area contributed by atoms with Gasteiger partial charge in [0.2, 0.25) is 5.91 Å². The molecule has 0 aromatic heterocycles. The molecule has 0 aliphatic heterocycles. The number of ether oxygens (including phenoxy) is 1. The smallest absolute Gasteiger partial charge is 0.340 e. The van der Waals surface area contributed by atoms with Gasteiger partial charge in [0.25, 0.3) is 0 Å². The topological polar surface area (TPSA) is 67.4 Å². The standard InChI is InChI=1S/C19H22N2O3/c1-3-24-19(23)16-10-6-7-11-17(16)21-18(22)13-20-12-15-9-5-4-8-14(15)2/h4-11,20H,3,12-13H2,1-2H3,(H,21,22). The van der Waals surface area contributed by atoms with Gasteiger partial charge in [-0.2, -0.15) is 0 Å². The molecule has 0 aliphatic rings. The minimum absolute atomic E-state index is 0.158. The molecule has 0 atom stereocenters. The van der Waals surface area contributed by atoms with Crippen molar-refractivity contribution in [3.8, 4) is 0 Å². The summed E-state index contributed by atoms with van der Waals surface area (Å²) in [6, 6.07) is 14.8. The summed E-state index contributed by atoms with van der Waals surface area (Å²) in [5, 5.41) is 5.86. The average Bonchev–Trinajstić information content (AvgIpc) is 2.57. The zero-order chi connectivity index (χ0) is 17.4. The molecule has 5 heteroatoms. The van der Waals surface area contributed by atoms with Gasteiger partial charge in [-0.3, -0.25) is 4.79 Å². The lowest BCUT2D eigenvalue weighted by molar-refractivity contribution is -0.115. The fraction of sp³-hybridized carbons (Fsp3) is 0.263. The Morgan fingerprint density at radius 1 is 1.04 bits per heavy atom. The molecule has 126 valence electrons. The van der Waals surface area contributed by atoms with E-state index < -0.39 is 5.97 Å². The maximum atomic E-state index is 12.1. The highest BCUT2D eigenvalue weighted by atomic mass is 16.5. The molecule has 2 rings (SSSR count). The van der Waals surface area contributed by atoms with E-state index in [9.17, 15) is 9.59 Å². The van der Waals surface area contributed by atoms with Gasteiger partial charge < -0.3 is 15.4 Å². The molecule has 24 heavy (non-hydrogen) atoms. The Morgan fingerprint density at radius 3 is 2.50 bits per heavy atom. The van der Waals surface area contributed by atoms with E-state index in [0.29, 0.717) is 24.4 Å². The summed E-state index contributed by atoms with van der Waals surface area (Å²) >= 11 is 0. The quantitative estimate of drug-likeness (QED) is 0.768. The Bertz CT molecular complexity index is 713. The van der Waals surface area contributed by atoms with Crippen molar-refractivity contribution in [2.45, 2.75) is 20.4 Å². The van der Waals surface area contributed by atoms with E-state index in [1.807, 2.05) is 31.2 Å². The Labute approximate surface area is 142 Å². The van der Waals surface area contributed by atoms with Crippen LogP contribution in [0.3, 0.4) is 0 Å². The van der Waals surface area contributed by atoms with Gasteiger partial charge in [0.15, 0.2) is 0 Å². The average molecular weight is 326 g/mol. The molecular formula is C19H22N2O3. The number of carbonyl (C=O) groups excluding carboxylic acids is 2. The molecule has 0 fully saturated rings. The third-order valence-corrected chi connectivity index (χ3v) is 3.56. The monoisotopic (exact) mass is 326 g/mol. The van der Waals surface area contributed by atoms with Crippen LogP contribution in [0.1, 0.15) is 28.4 Å². The molecule has 0 bridgehead atoms. The fourth-order valence-corrected chi connectivity index (χ4v) is 2.29. The number of esters is 1. The molecule has 2 aromatic carbocycles. The predicted octanol–water partition coefficient (Wildman–Crippen LogP) is 2.90. The van der Waals surface area contributed by atoms with Crippen LogP contribution in [-0.4, -0.2) is 25.0 Å². The van der Waals surface area contributed by atoms with Gasteiger partial charge in [-0.05, 0) is 37.1 Å². The Morgan fingerprint density at radius 2 is 1.75 bits per heavy atom. The van der Waals surface area contributed by atoms with Crippen molar-refractivity contribution in [2.75, 3.05) is 18.5 Å². The number of amides is 1. The SMILES string of the molecule is CCOC(=O)c1ccccc1NC(=O)CNCc1ccccc1C. The second-order valence-electron chi connectivity index (χ2n) is 5.34. The van der Waals surface area contributed by atoms with Crippen molar-refractivity contribution in [1.29, 1.82) is 0 Å². The maximum absolute atomic E-state index is 12.1. The van der Waals surface area contributed by atoms with Crippen LogP contribution >= 0.6 is 0 Å². The first kappa shape index (κ1) is 17.7. The van der Waals surface area contributed by atoms with Crippen LogP contribution < -0.4 is 10.6 Å². The summed E-state index contributed by atoms with van der Waals surface area (Å²) < 4.78 is 5.00. The van der Waals surface area contributed by atoms with E-state index in [1.165, 1.54) is 5.56 Å². The van der Waals surface area contributed by atoms with E-state index in [2.05, 4.69) is 10.6 Å². The second-order valence-corrected chi connectivity index (χ2v) is 5.34. The minimum atomic E-state index is -0.443. The molecule has 1 amide bonds. The van der Waals surface area contributed by atoms with Crippen LogP contribution in [0.4, 0.5) is 5.69 Å². The van der Waals surface area contributed by atoms with Gasteiger partial charge in [-0.25, -0.2) is 4.79 Å². The zero-order valence-corrected chi connectivity index (χ0v) is 14.0. The lowest BCUT2D eigenvalue weighted by Gasteiger charge is -2.11. The third kappa shape index (κ3) is 4.93. The number of anilines is 1. The van der Waals surface area contributed by atoms with E-state index in [1.54, 1.807) is 31.2 Å². The Balaban J connectivity index is 1.91. The number of hydrogen-bond acceptors (Lipinski definition) is 4. The molecule has 0 aliphatic carbocycles. The van der Waals surface area contributed by atoms with Crippen LogP contribution in [0.25, 0.3) is 0 Å². The van der Waals surface area contributed by atoms with E-state index in [4.69, 9.17) is 4.74 Å². The van der Waals surface area contributed by atoms with E-state index in [-0.39, 0.29) is 12.5 Å². The molecule has 0 radical (unpaired) electrons.